The van der Waals surface area contributed by atoms with E-state index in [9.17, 15) is 9.59 Å². The summed E-state index contributed by atoms with van der Waals surface area (Å²) in [5.74, 6) is 0.0324. The van der Waals surface area contributed by atoms with Gasteiger partial charge >= 0.3 is 0 Å². The van der Waals surface area contributed by atoms with E-state index in [1.807, 2.05) is 49.8 Å². The van der Waals surface area contributed by atoms with Gasteiger partial charge in [-0.25, -0.2) is 4.98 Å². The molecule has 0 bridgehead atoms. The number of carbonyl (C=O) groups is 2. The first-order chi connectivity index (χ1) is 13.0. The lowest BCUT2D eigenvalue weighted by Gasteiger charge is -2.42. The Morgan fingerprint density at radius 2 is 1.96 bits per heavy atom. The van der Waals surface area contributed by atoms with Gasteiger partial charge in [0.25, 0.3) is 0 Å². The van der Waals surface area contributed by atoms with E-state index in [-0.39, 0.29) is 11.8 Å². The van der Waals surface area contributed by atoms with E-state index < -0.39 is 5.41 Å². The molecule has 1 aliphatic rings. The normalized spacial score (nSPS) is 16.0. The Labute approximate surface area is 164 Å². The smallest absolute Gasteiger partial charge is 0.245 e. The molecule has 0 spiro atoms. The monoisotopic (exact) mass is 383 g/mol. The molecule has 0 unspecified atom stereocenters. The van der Waals surface area contributed by atoms with Crippen LogP contribution in [0.5, 0.6) is 0 Å². The SMILES string of the molecule is C=CC(=O)N1CCC(C(=O)N(C)Cc2scnc2C)(c2ccccc2)CC1. The Balaban J connectivity index is 1.87. The highest BCUT2D eigenvalue weighted by Gasteiger charge is 2.44. The first kappa shape index (κ1) is 19.3. The maximum Gasteiger partial charge on any atom is 0.245 e. The summed E-state index contributed by atoms with van der Waals surface area (Å²) in [7, 11) is 1.85. The van der Waals surface area contributed by atoms with Crippen molar-refractivity contribution < 1.29 is 9.59 Å². The Bertz CT molecular complexity index is 823. The fourth-order valence-electron chi connectivity index (χ4n) is 3.75. The summed E-state index contributed by atoms with van der Waals surface area (Å²) >= 11 is 1.57. The third kappa shape index (κ3) is 3.81. The maximum absolute atomic E-state index is 13.6. The molecule has 1 aliphatic heterocycles. The first-order valence-corrected chi connectivity index (χ1v) is 9.97. The van der Waals surface area contributed by atoms with Crippen LogP contribution in [0.3, 0.4) is 0 Å². The van der Waals surface area contributed by atoms with Gasteiger partial charge in [0.1, 0.15) is 0 Å². The number of hydrogen-bond donors (Lipinski definition) is 0. The van der Waals surface area contributed by atoms with E-state index in [1.54, 1.807) is 21.1 Å². The molecule has 3 rings (SSSR count). The third-order valence-electron chi connectivity index (χ3n) is 5.41. The number of hydrogen-bond acceptors (Lipinski definition) is 4. The molecule has 6 heteroatoms. The zero-order valence-electron chi connectivity index (χ0n) is 15.9. The lowest BCUT2D eigenvalue weighted by atomic mass is 9.71. The molecule has 1 fully saturated rings. The van der Waals surface area contributed by atoms with Crippen molar-refractivity contribution >= 4 is 23.2 Å². The standard InChI is InChI=1S/C21H25N3O2S/c1-4-19(25)24-12-10-21(11-13-24,17-8-6-5-7-9-17)20(26)23(3)14-18-16(2)22-15-27-18/h4-9,15H,1,10-14H2,2-3H3. The highest BCUT2D eigenvalue weighted by molar-refractivity contribution is 7.09. The largest absolute Gasteiger partial charge is 0.340 e. The molecule has 2 aromatic rings. The van der Waals surface area contributed by atoms with Gasteiger partial charge in [-0.1, -0.05) is 36.9 Å². The average Bonchev–Trinajstić information content (AvgIpc) is 3.12. The van der Waals surface area contributed by atoms with Crippen molar-refractivity contribution in [3.8, 4) is 0 Å². The number of likely N-dealkylation sites (N-methyl/N-ethyl adjacent to an activating group) is 1. The topological polar surface area (TPSA) is 53.5 Å². The van der Waals surface area contributed by atoms with Crippen molar-refractivity contribution in [2.24, 2.45) is 0 Å². The van der Waals surface area contributed by atoms with Gasteiger partial charge in [0.15, 0.2) is 0 Å². The van der Waals surface area contributed by atoms with Gasteiger partial charge in [-0.2, -0.15) is 0 Å². The van der Waals surface area contributed by atoms with Crippen molar-refractivity contribution in [2.45, 2.75) is 31.7 Å². The van der Waals surface area contributed by atoms with Crippen molar-refractivity contribution in [1.29, 1.82) is 0 Å². The van der Waals surface area contributed by atoms with Crippen LogP contribution in [-0.4, -0.2) is 46.7 Å². The van der Waals surface area contributed by atoms with Gasteiger partial charge < -0.3 is 9.80 Å². The number of piperidine rings is 1. The van der Waals surface area contributed by atoms with Crippen LogP contribution >= 0.6 is 11.3 Å². The van der Waals surface area contributed by atoms with E-state index in [1.165, 1.54) is 6.08 Å². The van der Waals surface area contributed by atoms with Gasteiger partial charge in [-0.3, -0.25) is 9.59 Å². The molecule has 142 valence electrons. The van der Waals surface area contributed by atoms with Gasteiger partial charge in [-0.15, -0.1) is 11.3 Å². The van der Waals surface area contributed by atoms with Crippen LogP contribution in [0.2, 0.25) is 0 Å². The molecule has 1 aromatic carbocycles. The summed E-state index contributed by atoms with van der Waals surface area (Å²) in [5.41, 5.74) is 3.20. The summed E-state index contributed by atoms with van der Waals surface area (Å²) in [6, 6.07) is 9.95. The molecule has 27 heavy (non-hydrogen) atoms. The minimum absolute atomic E-state index is 0.0715. The molecule has 1 aromatic heterocycles. The summed E-state index contributed by atoms with van der Waals surface area (Å²) in [4.78, 5) is 34.5. The Hall–Kier alpha value is -2.47. The number of aryl methyl sites for hydroxylation is 1. The van der Waals surface area contributed by atoms with Crippen molar-refractivity contribution in [3.05, 3.63) is 64.6 Å². The second-order valence-electron chi connectivity index (χ2n) is 7.00. The van der Waals surface area contributed by atoms with Crippen molar-refractivity contribution in [3.63, 3.8) is 0 Å². The first-order valence-electron chi connectivity index (χ1n) is 9.09. The van der Waals surface area contributed by atoms with Gasteiger partial charge in [0.2, 0.25) is 11.8 Å². The Morgan fingerprint density at radius 3 is 2.52 bits per heavy atom. The number of nitrogens with zero attached hydrogens (tertiary/aromatic N) is 3. The lowest BCUT2D eigenvalue weighted by molar-refractivity contribution is -0.141. The highest BCUT2D eigenvalue weighted by Crippen LogP contribution is 2.38. The summed E-state index contributed by atoms with van der Waals surface area (Å²) in [6.45, 7) is 7.20. The van der Waals surface area contributed by atoms with Gasteiger partial charge in [0.05, 0.1) is 23.2 Å². The minimum atomic E-state index is -0.605. The number of rotatable bonds is 5. The summed E-state index contributed by atoms with van der Waals surface area (Å²) < 4.78 is 0. The third-order valence-corrected chi connectivity index (χ3v) is 6.33. The van der Waals surface area contributed by atoms with Gasteiger partial charge in [0, 0.05) is 25.0 Å². The molecule has 0 aliphatic carbocycles. The van der Waals surface area contributed by atoms with Crippen molar-refractivity contribution in [1.82, 2.24) is 14.8 Å². The number of amides is 2. The summed E-state index contributed by atoms with van der Waals surface area (Å²) in [6.07, 6.45) is 2.57. The second-order valence-corrected chi connectivity index (χ2v) is 7.94. The van der Waals surface area contributed by atoms with Crippen LogP contribution in [-0.2, 0) is 21.5 Å². The molecule has 5 nitrogen and oxygen atoms in total. The van der Waals surface area contributed by atoms with E-state index in [4.69, 9.17) is 0 Å². The molecule has 2 heterocycles. The van der Waals surface area contributed by atoms with Crippen LogP contribution in [0.4, 0.5) is 0 Å². The number of aromatic nitrogens is 1. The zero-order chi connectivity index (χ0) is 19.4. The quantitative estimate of drug-likeness (QED) is 0.746. The number of likely N-dealkylation sites (tertiary alicyclic amines) is 1. The summed E-state index contributed by atoms with van der Waals surface area (Å²) in [5, 5.41) is 0. The van der Waals surface area contributed by atoms with Crippen LogP contribution < -0.4 is 0 Å². The fourth-order valence-corrected chi connectivity index (χ4v) is 4.58. The second kappa shape index (κ2) is 8.05. The minimum Gasteiger partial charge on any atom is -0.340 e. The van der Waals surface area contributed by atoms with E-state index in [0.717, 1.165) is 16.1 Å². The Kier molecular flexibility index (Phi) is 5.75. The molecule has 0 N–H and O–H groups in total. The number of thiazole rings is 1. The van der Waals surface area contributed by atoms with E-state index in [0.29, 0.717) is 32.5 Å². The van der Waals surface area contributed by atoms with Crippen molar-refractivity contribution in [2.75, 3.05) is 20.1 Å². The van der Waals surface area contributed by atoms with E-state index >= 15 is 0 Å². The molecule has 0 atom stereocenters. The van der Waals surface area contributed by atoms with Gasteiger partial charge in [-0.05, 0) is 31.4 Å². The Morgan fingerprint density at radius 1 is 1.30 bits per heavy atom. The molecule has 0 radical (unpaired) electrons. The van der Waals surface area contributed by atoms with E-state index in [2.05, 4.69) is 11.6 Å². The fraction of sp³-hybridized carbons (Fsp3) is 0.381. The lowest BCUT2D eigenvalue weighted by Crippen LogP contribution is -2.52. The molecular weight excluding hydrogens is 358 g/mol. The van der Waals surface area contributed by atoms with Crippen LogP contribution in [0.25, 0.3) is 0 Å². The van der Waals surface area contributed by atoms with Crippen LogP contribution in [0.1, 0.15) is 29.0 Å². The zero-order valence-corrected chi connectivity index (χ0v) is 16.7. The number of benzene rings is 1. The number of carbonyl (C=O) groups excluding carboxylic acids is 2. The van der Waals surface area contributed by atoms with Crippen LogP contribution in [0.15, 0.2) is 48.5 Å². The molecule has 0 saturated carbocycles. The maximum atomic E-state index is 13.6. The van der Waals surface area contributed by atoms with Crippen LogP contribution in [0, 0.1) is 6.92 Å². The average molecular weight is 384 g/mol. The predicted octanol–water partition coefficient (Wildman–Crippen LogP) is 3.16. The molecular formula is C21H25N3O2S. The predicted molar refractivity (Wildman–Crippen MR) is 107 cm³/mol. The molecule has 2 amide bonds. The highest BCUT2D eigenvalue weighted by atomic mass is 32.1. The molecule has 1 saturated heterocycles.